The molecule has 2 amide bonds. The van der Waals surface area contributed by atoms with Crippen LogP contribution in [0.25, 0.3) is 21.7 Å². The lowest BCUT2D eigenvalue weighted by molar-refractivity contribution is -0.112. The van der Waals surface area contributed by atoms with Gasteiger partial charge in [-0.2, -0.15) is 15.2 Å². The maximum absolute atomic E-state index is 13.4. The Morgan fingerprint density at radius 2 is 1.90 bits per heavy atom. The Bertz CT molecular complexity index is 1610. The third-order valence-corrected chi connectivity index (χ3v) is 7.10. The van der Waals surface area contributed by atoms with Crippen molar-refractivity contribution in [3.05, 3.63) is 93.1 Å². The third-order valence-electron chi connectivity index (χ3n) is 5.61. The zero-order chi connectivity index (χ0) is 28.4. The molecule has 15 heteroatoms. The van der Waals surface area contributed by atoms with Gasteiger partial charge in [-0.05, 0) is 17.7 Å². The summed E-state index contributed by atoms with van der Waals surface area (Å²) in [6.45, 7) is 1.18. The van der Waals surface area contributed by atoms with E-state index in [1.165, 1.54) is 27.7 Å². The van der Waals surface area contributed by atoms with Crippen molar-refractivity contribution in [2.45, 2.75) is 0 Å². The zero-order valence-corrected chi connectivity index (χ0v) is 23.0. The number of nitrogens with one attached hydrogen (secondary N) is 2. The number of hydrogen-bond acceptors (Lipinski definition) is 11. The molecule has 0 bridgehead atoms. The molecule has 1 aliphatic rings. The molecule has 5 rings (SSSR count). The monoisotopic (exact) mass is 586 g/mol. The number of benzene rings is 2. The minimum absolute atomic E-state index is 0.152. The number of hydrogen-bond donors (Lipinski definition) is 2. The minimum atomic E-state index is -0.414. The Labute approximate surface area is 241 Å². The summed E-state index contributed by atoms with van der Waals surface area (Å²) in [5, 5.41) is 20.9. The predicted molar refractivity (Wildman–Crippen MR) is 158 cm³/mol. The number of carbonyl (C=O) groups is 2. The van der Waals surface area contributed by atoms with Gasteiger partial charge in [-0.15, -0.1) is 22.7 Å². The van der Waals surface area contributed by atoms with Gasteiger partial charge in [0.25, 0.3) is 5.91 Å². The highest BCUT2D eigenvalue weighted by atomic mass is 32.1. The van der Waals surface area contributed by atoms with Gasteiger partial charge in [0.15, 0.2) is 5.71 Å². The van der Waals surface area contributed by atoms with Crippen LogP contribution in [-0.2, 0) is 9.53 Å². The molecule has 0 aliphatic carbocycles. The molecule has 41 heavy (non-hydrogen) atoms. The average Bonchev–Trinajstić information content (AvgIpc) is 3.77. The highest BCUT2D eigenvalue weighted by Crippen LogP contribution is 2.30. The van der Waals surface area contributed by atoms with Crippen LogP contribution in [0.5, 0.6) is 0 Å². The largest absolute Gasteiger partial charge is 0.379 e. The number of aromatic nitrogens is 2. The van der Waals surface area contributed by atoms with Crippen molar-refractivity contribution >= 4 is 56.2 Å². The van der Waals surface area contributed by atoms with Gasteiger partial charge in [-0.1, -0.05) is 47.6 Å². The highest BCUT2D eigenvalue weighted by molar-refractivity contribution is 7.14. The average molecular weight is 587 g/mol. The van der Waals surface area contributed by atoms with Crippen LogP contribution in [0.1, 0.15) is 15.9 Å². The van der Waals surface area contributed by atoms with E-state index in [9.17, 15) is 9.59 Å². The first-order valence-electron chi connectivity index (χ1n) is 12.3. The fourth-order valence-corrected chi connectivity index (χ4v) is 4.93. The number of amides is 2. The molecule has 0 fully saturated rings. The fourth-order valence-electron chi connectivity index (χ4n) is 3.68. The van der Waals surface area contributed by atoms with E-state index >= 15 is 0 Å². The van der Waals surface area contributed by atoms with E-state index in [1.807, 2.05) is 35.7 Å². The van der Waals surface area contributed by atoms with Gasteiger partial charge in [0.1, 0.15) is 5.71 Å². The molecule has 3 heterocycles. The lowest BCUT2D eigenvalue weighted by Crippen LogP contribution is -2.28. The first-order chi connectivity index (χ1) is 20.1. The first-order valence-corrected chi connectivity index (χ1v) is 14.0. The second-order valence-corrected chi connectivity index (χ2v) is 9.99. The van der Waals surface area contributed by atoms with Gasteiger partial charge in [0.2, 0.25) is 10.3 Å². The van der Waals surface area contributed by atoms with E-state index in [0.717, 1.165) is 11.1 Å². The molecule has 0 spiro atoms. The van der Waals surface area contributed by atoms with E-state index in [-0.39, 0.29) is 18.2 Å². The number of ether oxygens (including phenoxy) is 1. The van der Waals surface area contributed by atoms with Crippen LogP contribution in [-0.4, -0.2) is 59.5 Å². The second kappa shape index (κ2) is 13.4. The number of thiazole rings is 2. The van der Waals surface area contributed by atoms with Crippen molar-refractivity contribution in [2.24, 2.45) is 15.3 Å². The van der Waals surface area contributed by atoms with Crippen LogP contribution in [0.2, 0.25) is 0 Å². The third kappa shape index (κ3) is 6.80. The van der Waals surface area contributed by atoms with Gasteiger partial charge in [-0.25, -0.2) is 9.97 Å². The van der Waals surface area contributed by atoms with E-state index in [4.69, 9.17) is 10.3 Å². The number of rotatable bonds is 12. The van der Waals surface area contributed by atoms with Gasteiger partial charge in [0.05, 0.1) is 18.9 Å². The maximum Gasteiger partial charge on any atom is 0.303 e. The maximum atomic E-state index is 13.4. The van der Waals surface area contributed by atoms with Crippen LogP contribution in [0.15, 0.2) is 86.9 Å². The molecule has 2 aromatic heterocycles. The molecule has 0 atom stereocenters. The number of hydrazone groups is 2. The van der Waals surface area contributed by atoms with Gasteiger partial charge in [-0.3, -0.25) is 15.0 Å². The SMILES string of the molecule is [N-]=[N+]=NCCOCCNC(=O)c1ccc(-c2csc(N3N=C(c4ccccc4)/C(=N\Nc4nccs4)C3=O)n2)cc1. The van der Waals surface area contributed by atoms with Crippen LogP contribution in [0.4, 0.5) is 10.3 Å². The summed E-state index contributed by atoms with van der Waals surface area (Å²) in [6, 6.07) is 16.3. The topological polar surface area (TPSA) is 170 Å². The predicted octanol–water partition coefficient (Wildman–Crippen LogP) is 4.54. The Morgan fingerprint density at radius 3 is 2.66 bits per heavy atom. The Kier molecular flexibility index (Phi) is 9.03. The van der Waals surface area contributed by atoms with Crippen molar-refractivity contribution in [2.75, 3.05) is 36.7 Å². The molecule has 0 saturated carbocycles. The van der Waals surface area contributed by atoms with Crippen molar-refractivity contribution in [3.63, 3.8) is 0 Å². The molecule has 0 radical (unpaired) electrons. The van der Waals surface area contributed by atoms with E-state index in [2.05, 4.69) is 40.9 Å². The van der Waals surface area contributed by atoms with Crippen molar-refractivity contribution < 1.29 is 14.3 Å². The minimum Gasteiger partial charge on any atom is -0.379 e. The second-order valence-electron chi connectivity index (χ2n) is 8.26. The fraction of sp³-hybridized carbons (Fsp3) is 0.154. The lowest BCUT2D eigenvalue weighted by atomic mass is 10.1. The van der Waals surface area contributed by atoms with Gasteiger partial charge >= 0.3 is 5.91 Å². The summed E-state index contributed by atoms with van der Waals surface area (Å²) in [5.74, 6) is -0.652. The van der Waals surface area contributed by atoms with Crippen molar-refractivity contribution in [3.8, 4) is 11.3 Å². The Balaban J connectivity index is 1.27. The van der Waals surface area contributed by atoms with Crippen molar-refractivity contribution in [1.82, 2.24) is 15.3 Å². The zero-order valence-electron chi connectivity index (χ0n) is 21.4. The van der Waals surface area contributed by atoms with Gasteiger partial charge in [0, 0.05) is 51.6 Å². The van der Waals surface area contributed by atoms with Crippen LogP contribution in [0.3, 0.4) is 0 Å². The normalized spacial score (nSPS) is 13.7. The Morgan fingerprint density at radius 1 is 1.07 bits per heavy atom. The number of anilines is 2. The highest BCUT2D eigenvalue weighted by Gasteiger charge is 2.35. The van der Waals surface area contributed by atoms with Crippen LogP contribution >= 0.6 is 22.7 Å². The van der Waals surface area contributed by atoms with Crippen LogP contribution in [0, 0.1) is 0 Å². The standard InChI is InChI=1S/C26H22N10O3S2/c27-35-30-11-14-39-13-10-28-23(37)19-8-6-17(7-9-19)20-16-41-26(31-20)36-24(38)22(32-33-25-29-12-15-40-25)21(34-36)18-4-2-1-3-5-18/h1-9,12,15-16H,10-11,13-14H2,(H,28,37)(H,29,33)/b32-22+. The summed E-state index contributed by atoms with van der Waals surface area (Å²) < 4.78 is 5.28. The number of carbonyl (C=O) groups excluding carboxylic acids is 2. The summed E-state index contributed by atoms with van der Waals surface area (Å²) >= 11 is 2.64. The van der Waals surface area contributed by atoms with Gasteiger partial charge < -0.3 is 10.1 Å². The molecule has 1 aliphatic heterocycles. The quantitative estimate of drug-likeness (QED) is 0.0811. The number of nitrogens with zero attached hydrogens (tertiary/aromatic N) is 8. The van der Waals surface area contributed by atoms with E-state index in [0.29, 0.717) is 47.0 Å². The summed E-state index contributed by atoms with van der Waals surface area (Å²) in [6.07, 6.45) is 1.64. The van der Waals surface area contributed by atoms with Crippen LogP contribution < -0.4 is 15.8 Å². The molecule has 4 aromatic rings. The first kappa shape index (κ1) is 27.6. The molecule has 13 nitrogen and oxygen atoms in total. The lowest BCUT2D eigenvalue weighted by Gasteiger charge is -2.07. The van der Waals surface area contributed by atoms with Crippen molar-refractivity contribution in [1.29, 1.82) is 0 Å². The molecule has 0 saturated heterocycles. The summed E-state index contributed by atoms with van der Waals surface area (Å²) in [7, 11) is 0. The summed E-state index contributed by atoms with van der Waals surface area (Å²) in [5.41, 5.74) is 14.3. The Hall–Kier alpha value is -4.95. The number of azide groups is 1. The summed E-state index contributed by atoms with van der Waals surface area (Å²) in [4.78, 5) is 37.3. The van der Waals surface area contributed by atoms with E-state index in [1.54, 1.807) is 35.8 Å². The molecular formula is C26H22N10O3S2. The molecule has 0 unspecified atom stereocenters. The molecule has 2 aromatic carbocycles. The molecule has 206 valence electrons. The smallest absolute Gasteiger partial charge is 0.303 e. The molecular weight excluding hydrogens is 564 g/mol. The van der Waals surface area contributed by atoms with E-state index < -0.39 is 5.91 Å². The molecule has 2 N–H and O–H groups in total.